The van der Waals surface area contributed by atoms with E-state index in [-0.39, 0.29) is 5.91 Å². The minimum absolute atomic E-state index is 0.262. The van der Waals surface area contributed by atoms with Crippen LogP contribution in [0.3, 0.4) is 0 Å². The van der Waals surface area contributed by atoms with Crippen LogP contribution in [0.4, 0.5) is 5.69 Å². The summed E-state index contributed by atoms with van der Waals surface area (Å²) in [5, 5.41) is 7.33. The molecule has 0 aliphatic heterocycles. The molecule has 1 aromatic carbocycles. The molecule has 1 N–H and O–H groups in total. The van der Waals surface area contributed by atoms with Gasteiger partial charge < -0.3 is 5.32 Å². The van der Waals surface area contributed by atoms with Crippen LogP contribution in [-0.2, 0) is 7.05 Å². The van der Waals surface area contributed by atoms with Crippen LogP contribution in [0.2, 0.25) is 5.02 Å². The highest BCUT2D eigenvalue weighted by molar-refractivity contribution is 6.33. The summed E-state index contributed by atoms with van der Waals surface area (Å²) in [5.41, 5.74) is 1.89. The Bertz CT molecular complexity index is 543. The lowest BCUT2D eigenvalue weighted by Gasteiger charge is -2.04. The smallest absolute Gasteiger partial charge is 0.276 e. The van der Waals surface area contributed by atoms with Gasteiger partial charge in [-0.15, -0.1) is 0 Å². The van der Waals surface area contributed by atoms with Gasteiger partial charge in [-0.3, -0.25) is 9.48 Å². The van der Waals surface area contributed by atoms with E-state index in [0.29, 0.717) is 16.4 Å². The van der Waals surface area contributed by atoms with Crippen LogP contribution in [0, 0.1) is 6.92 Å². The van der Waals surface area contributed by atoms with Gasteiger partial charge >= 0.3 is 0 Å². The Morgan fingerprint density at radius 2 is 2.12 bits per heavy atom. The largest absolute Gasteiger partial charge is 0.319 e. The lowest BCUT2D eigenvalue weighted by atomic mass is 10.3. The van der Waals surface area contributed by atoms with Gasteiger partial charge in [0.2, 0.25) is 0 Å². The van der Waals surface area contributed by atoms with E-state index in [0.717, 1.165) is 5.69 Å². The van der Waals surface area contributed by atoms with Crippen molar-refractivity contribution in [1.82, 2.24) is 9.78 Å². The molecule has 0 unspecified atom stereocenters. The topological polar surface area (TPSA) is 46.9 Å². The minimum atomic E-state index is -0.262. The summed E-state index contributed by atoms with van der Waals surface area (Å²) < 4.78 is 1.65. The van der Waals surface area contributed by atoms with E-state index in [1.807, 2.05) is 19.1 Å². The molecule has 0 fully saturated rings. The summed E-state index contributed by atoms with van der Waals surface area (Å²) >= 11 is 5.95. The van der Waals surface area contributed by atoms with Gasteiger partial charge in [0.25, 0.3) is 5.91 Å². The number of anilines is 1. The number of aryl methyl sites for hydroxylation is 2. The first-order valence-electron chi connectivity index (χ1n) is 5.14. The van der Waals surface area contributed by atoms with Crippen molar-refractivity contribution in [2.75, 3.05) is 5.32 Å². The van der Waals surface area contributed by atoms with Crippen LogP contribution in [-0.4, -0.2) is 15.7 Å². The van der Waals surface area contributed by atoms with E-state index in [9.17, 15) is 4.79 Å². The summed E-state index contributed by atoms with van der Waals surface area (Å²) in [6.07, 6.45) is 0. The number of halogens is 1. The number of carbonyl (C=O) groups excluding carboxylic acids is 1. The van der Waals surface area contributed by atoms with Gasteiger partial charge in [-0.25, -0.2) is 0 Å². The SMILES string of the molecule is Cc1cc(C(=O)Nc2ccccc2Cl)nn1C. The second kappa shape index (κ2) is 4.59. The molecule has 0 aliphatic rings. The molecular weight excluding hydrogens is 238 g/mol. The fraction of sp³-hybridized carbons (Fsp3) is 0.167. The van der Waals surface area contributed by atoms with Crippen molar-refractivity contribution >= 4 is 23.2 Å². The molecule has 2 aromatic rings. The van der Waals surface area contributed by atoms with Gasteiger partial charge in [-0.1, -0.05) is 23.7 Å². The van der Waals surface area contributed by atoms with Gasteiger partial charge in [0, 0.05) is 12.7 Å². The van der Waals surface area contributed by atoms with Crippen molar-refractivity contribution in [1.29, 1.82) is 0 Å². The Balaban J connectivity index is 2.20. The molecule has 0 bridgehead atoms. The Labute approximate surface area is 104 Å². The number of carbonyl (C=O) groups is 1. The van der Waals surface area contributed by atoms with Gasteiger partial charge in [-0.2, -0.15) is 5.10 Å². The number of amides is 1. The van der Waals surface area contributed by atoms with Gasteiger partial charge in [-0.05, 0) is 25.1 Å². The predicted octanol–water partition coefficient (Wildman–Crippen LogP) is 2.63. The van der Waals surface area contributed by atoms with Crippen molar-refractivity contribution in [3.8, 4) is 0 Å². The average Bonchev–Trinajstić information content (AvgIpc) is 2.63. The van der Waals surface area contributed by atoms with E-state index < -0.39 is 0 Å². The van der Waals surface area contributed by atoms with Gasteiger partial charge in [0.1, 0.15) is 0 Å². The Morgan fingerprint density at radius 3 is 2.71 bits per heavy atom. The standard InChI is InChI=1S/C12H12ClN3O/c1-8-7-11(15-16(8)2)12(17)14-10-6-4-3-5-9(10)13/h3-7H,1-2H3,(H,14,17). The Morgan fingerprint density at radius 1 is 1.41 bits per heavy atom. The second-order valence-electron chi connectivity index (χ2n) is 3.73. The highest BCUT2D eigenvalue weighted by atomic mass is 35.5. The Hall–Kier alpha value is -1.81. The average molecular weight is 250 g/mol. The summed E-state index contributed by atoms with van der Waals surface area (Å²) in [5.74, 6) is -0.262. The molecule has 1 amide bonds. The zero-order chi connectivity index (χ0) is 12.4. The van der Waals surface area contributed by atoms with Crippen LogP contribution in [0.1, 0.15) is 16.2 Å². The molecule has 5 heteroatoms. The van der Waals surface area contributed by atoms with E-state index in [2.05, 4.69) is 10.4 Å². The third kappa shape index (κ3) is 2.47. The first-order valence-corrected chi connectivity index (χ1v) is 5.52. The zero-order valence-corrected chi connectivity index (χ0v) is 10.3. The maximum Gasteiger partial charge on any atom is 0.276 e. The quantitative estimate of drug-likeness (QED) is 0.889. The van der Waals surface area contributed by atoms with Crippen LogP contribution in [0.5, 0.6) is 0 Å². The number of hydrogen-bond acceptors (Lipinski definition) is 2. The molecule has 2 rings (SSSR count). The fourth-order valence-electron chi connectivity index (χ4n) is 1.42. The molecule has 0 atom stereocenters. The molecule has 4 nitrogen and oxygen atoms in total. The minimum Gasteiger partial charge on any atom is -0.319 e. The van der Waals surface area contributed by atoms with E-state index >= 15 is 0 Å². The molecule has 0 spiro atoms. The third-order valence-electron chi connectivity index (χ3n) is 2.47. The van der Waals surface area contributed by atoms with E-state index in [4.69, 9.17) is 11.6 Å². The molecule has 88 valence electrons. The van der Waals surface area contributed by atoms with Crippen LogP contribution in [0.15, 0.2) is 30.3 Å². The number of para-hydroxylation sites is 1. The Kier molecular flexibility index (Phi) is 3.15. The van der Waals surface area contributed by atoms with Crippen molar-refractivity contribution < 1.29 is 4.79 Å². The summed E-state index contributed by atoms with van der Waals surface area (Å²) in [4.78, 5) is 11.9. The first-order chi connectivity index (χ1) is 8.08. The third-order valence-corrected chi connectivity index (χ3v) is 2.80. The highest BCUT2D eigenvalue weighted by Crippen LogP contribution is 2.21. The van der Waals surface area contributed by atoms with Crippen molar-refractivity contribution in [2.45, 2.75) is 6.92 Å². The predicted molar refractivity (Wildman–Crippen MR) is 67.4 cm³/mol. The number of rotatable bonds is 2. The molecule has 1 aromatic heterocycles. The monoisotopic (exact) mass is 249 g/mol. The van der Waals surface area contributed by atoms with Crippen LogP contribution in [0.25, 0.3) is 0 Å². The first kappa shape index (κ1) is 11.7. The normalized spacial score (nSPS) is 10.3. The molecule has 0 aliphatic carbocycles. The van der Waals surface area contributed by atoms with Gasteiger partial charge in [0.15, 0.2) is 5.69 Å². The van der Waals surface area contributed by atoms with Crippen molar-refractivity contribution in [2.24, 2.45) is 7.05 Å². The van der Waals surface area contributed by atoms with Crippen molar-refractivity contribution in [3.63, 3.8) is 0 Å². The summed E-state index contributed by atoms with van der Waals surface area (Å²) in [6, 6.07) is 8.82. The maximum atomic E-state index is 11.9. The van der Waals surface area contributed by atoms with Crippen molar-refractivity contribution in [3.05, 3.63) is 46.7 Å². The molecule has 0 saturated heterocycles. The maximum absolute atomic E-state index is 11.9. The number of benzene rings is 1. The van der Waals surface area contributed by atoms with E-state index in [1.54, 1.807) is 29.9 Å². The van der Waals surface area contributed by atoms with Crippen LogP contribution >= 0.6 is 11.6 Å². The zero-order valence-electron chi connectivity index (χ0n) is 9.57. The summed E-state index contributed by atoms with van der Waals surface area (Å²) in [6.45, 7) is 1.89. The number of aromatic nitrogens is 2. The lowest BCUT2D eigenvalue weighted by molar-refractivity contribution is 0.102. The number of hydrogen-bond donors (Lipinski definition) is 1. The molecule has 0 saturated carbocycles. The number of nitrogens with zero attached hydrogens (tertiary/aromatic N) is 2. The second-order valence-corrected chi connectivity index (χ2v) is 4.14. The summed E-state index contributed by atoms with van der Waals surface area (Å²) in [7, 11) is 1.79. The van der Waals surface area contributed by atoms with E-state index in [1.165, 1.54) is 0 Å². The van der Waals surface area contributed by atoms with Gasteiger partial charge in [0.05, 0.1) is 10.7 Å². The lowest BCUT2D eigenvalue weighted by Crippen LogP contribution is -2.13. The number of nitrogens with one attached hydrogen (secondary N) is 1. The molecular formula is C12H12ClN3O. The highest BCUT2D eigenvalue weighted by Gasteiger charge is 2.12. The molecule has 1 heterocycles. The molecule has 17 heavy (non-hydrogen) atoms. The fourth-order valence-corrected chi connectivity index (χ4v) is 1.60. The molecule has 0 radical (unpaired) electrons. The van der Waals surface area contributed by atoms with Crippen LogP contribution < -0.4 is 5.32 Å².